The number of nitrogens with one attached hydrogen (secondary N) is 2. The first-order valence-corrected chi connectivity index (χ1v) is 5.86. The Morgan fingerprint density at radius 1 is 1.56 bits per heavy atom. The van der Waals surface area contributed by atoms with E-state index >= 15 is 0 Å². The molecule has 0 aromatic carbocycles. The van der Waals surface area contributed by atoms with Gasteiger partial charge in [0, 0.05) is 25.4 Å². The van der Waals surface area contributed by atoms with Crippen LogP contribution < -0.4 is 21.5 Å². The van der Waals surface area contributed by atoms with Crippen LogP contribution in [-0.2, 0) is 4.79 Å². The highest BCUT2D eigenvalue weighted by Gasteiger charge is 2.11. The van der Waals surface area contributed by atoms with Gasteiger partial charge >= 0.3 is 0 Å². The van der Waals surface area contributed by atoms with Crippen LogP contribution in [0.25, 0.3) is 0 Å². The lowest BCUT2D eigenvalue weighted by Gasteiger charge is -2.19. The van der Waals surface area contributed by atoms with E-state index in [0.29, 0.717) is 18.3 Å². The summed E-state index contributed by atoms with van der Waals surface area (Å²) < 4.78 is 0. The van der Waals surface area contributed by atoms with Gasteiger partial charge in [-0.3, -0.25) is 10.2 Å². The molecule has 0 aliphatic heterocycles. The molecule has 0 radical (unpaired) electrons. The zero-order valence-electron chi connectivity index (χ0n) is 11.0. The van der Waals surface area contributed by atoms with Gasteiger partial charge in [0.1, 0.15) is 5.82 Å². The van der Waals surface area contributed by atoms with Gasteiger partial charge in [-0.25, -0.2) is 10.8 Å². The second-order valence-electron chi connectivity index (χ2n) is 4.05. The first-order valence-electron chi connectivity index (χ1n) is 5.86. The van der Waals surface area contributed by atoms with Crippen LogP contribution in [0.3, 0.4) is 0 Å². The number of nitrogens with zero attached hydrogens (tertiary/aromatic N) is 3. The van der Waals surface area contributed by atoms with Crippen molar-refractivity contribution in [2.24, 2.45) is 5.84 Å². The van der Waals surface area contributed by atoms with Crippen molar-refractivity contribution in [2.75, 3.05) is 30.5 Å². The van der Waals surface area contributed by atoms with Crippen LogP contribution in [0.1, 0.15) is 18.9 Å². The van der Waals surface area contributed by atoms with Crippen LogP contribution in [0.2, 0.25) is 0 Å². The van der Waals surface area contributed by atoms with E-state index in [4.69, 9.17) is 5.84 Å². The summed E-state index contributed by atoms with van der Waals surface area (Å²) in [5.41, 5.74) is 3.28. The number of hydrazine groups is 1. The van der Waals surface area contributed by atoms with Crippen LogP contribution >= 0.6 is 0 Å². The number of aromatic nitrogens is 2. The Morgan fingerprint density at radius 2 is 2.28 bits per heavy atom. The molecule has 0 aliphatic carbocycles. The molecule has 1 rings (SSSR count). The van der Waals surface area contributed by atoms with Gasteiger partial charge in [-0.05, 0) is 13.3 Å². The van der Waals surface area contributed by atoms with Gasteiger partial charge in [-0.15, -0.1) is 0 Å². The number of nitrogens with two attached hydrogens (primary N) is 1. The van der Waals surface area contributed by atoms with Crippen molar-refractivity contribution in [1.82, 2.24) is 15.3 Å². The molecule has 1 aromatic heterocycles. The van der Waals surface area contributed by atoms with Crippen molar-refractivity contribution in [1.29, 1.82) is 0 Å². The Bertz CT molecular complexity index is 409. The van der Waals surface area contributed by atoms with Crippen molar-refractivity contribution >= 4 is 17.7 Å². The van der Waals surface area contributed by atoms with Crippen LogP contribution in [0, 0.1) is 6.92 Å². The molecule has 18 heavy (non-hydrogen) atoms. The second kappa shape index (κ2) is 6.75. The minimum absolute atomic E-state index is 0.0281. The number of hydrogen-bond acceptors (Lipinski definition) is 6. The lowest BCUT2D eigenvalue weighted by molar-refractivity contribution is -0.119. The monoisotopic (exact) mass is 252 g/mol. The van der Waals surface area contributed by atoms with Gasteiger partial charge in [-0.2, -0.15) is 4.98 Å². The Hall–Kier alpha value is -1.89. The molecule has 0 unspecified atom stereocenters. The number of amides is 1. The van der Waals surface area contributed by atoms with E-state index in [9.17, 15) is 4.79 Å². The van der Waals surface area contributed by atoms with E-state index in [-0.39, 0.29) is 12.5 Å². The summed E-state index contributed by atoms with van der Waals surface area (Å²) in [5, 5.41) is 2.82. The molecule has 100 valence electrons. The molecule has 0 atom stereocenters. The summed E-state index contributed by atoms with van der Waals surface area (Å²) in [6.07, 6.45) is 2.58. The minimum Gasteiger partial charge on any atom is -0.355 e. The smallest absolute Gasteiger partial charge is 0.239 e. The number of aryl methyl sites for hydroxylation is 1. The van der Waals surface area contributed by atoms with E-state index in [1.165, 1.54) is 0 Å². The molecule has 0 saturated heterocycles. The summed E-state index contributed by atoms with van der Waals surface area (Å²) in [6, 6.07) is 0. The second-order valence-corrected chi connectivity index (χ2v) is 4.05. The number of carbonyl (C=O) groups is 1. The molecule has 1 heterocycles. The average Bonchev–Trinajstić information content (AvgIpc) is 2.36. The Balaban J connectivity index is 2.71. The van der Waals surface area contributed by atoms with Crippen molar-refractivity contribution in [2.45, 2.75) is 20.3 Å². The predicted molar refractivity (Wildman–Crippen MR) is 71.1 cm³/mol. The van der Waals surface area contributed by atoms with Crippen molar-refractivity contribution in [3.8, 4) is 0 Å². The zero-order chi connectivity index (χ0) is 13.5. The van der Waals surface area contributed by atoms with Gasteiger partial charge in [0.2, 0.25) is 11.9 Å². The fourth-order valence-electron chi connectivity index (χ4n) is 1.50. The highest BCUT2D eigenvalue weighted by atomic mass is 16.2. The zero-order valence-corrected chi connectivity index (χ0v) is 11.0. The lowest BCUT2D eigenvalue weighted by Crippen LogP contribution is -2.36. The fraction of sp³-hybridized carbons (Fsp3) is 0.545. The number of hydrogen-bond donors (Lipinski definition) is 3. The van der Waals surface area contributed by atoms with E-state index in [1.807, 2.05) is 13.8 Å². The maximum atomic E-state index is 11.6. The van der Waals surface area contributed by atoms with E-state index in [0.717, 1.165) is 12.0 Å². The van der Waals surface area contributed by atoms with Crippen molar-refractivity contribution in [3.05, 3.63) is 11.8 Å². The molecule has 1 aromatic rings. The minimum atomic E-state index is -0.0281. The first-order chi connectivity index (χ1) is 8.58. The molecule has 0 spiro atoms. The maximum Gasteiger partial charge on any atom is 0.239 e. The third-order valence-corrected chi connectivity index (χ3v) is 2.39. The fourth-order valence-corrected chi connectivity index (χ4v) is 1.50. The van der Waals surface area contributed by atoms with E-state index < -0.39 is 0 Å². The van der Waals surface area contributed by atoms with E-state index in [2.05, 4.69) is 20.7 Å². The summed E-state index contributed by atoms with van der Waals surface area (Å²) in [5.74, 6) is 6.25. The highest BCUT2D eigenvalue weighted by molar-refractivity contribution is 5.81. The van der Waals surface area contributed by atoms with Crippen LogP contribution in [0.5, 0.6) is 0 Å². The molecule has 4 N–H and O–H groups in total. The molecule has 0 saturated carbocycles. The molecule has 0 bridgehead atoms. The topological polar surface area (TPSA) is 96.2 Å². The van der Waals surface area contributed by atoms with Gasteiger partial charge < -0.3 is 10.2 Å². The summed E-state index contributed by atoms with van der Waals surface area (Å²) in [4.78, 5) is 21.6. The summed E-state index contributed by atoms with van der Waals surface area (Å²) >= 11 is 0. The summed E-state index contributed by atoms with van der Waals surface area (Å²) in [6.45, 7) is 4.83. The normalized spacial score (nSPS) is 10.0. The number of likely N-dealkylation sites (N-methyl/N-ethyl adjacent to an activating group) is 1. The quantitative estimate of drug-likeness (QED) is 0.488. The van der Waals surface area contributed by atoms with Crippen LogP contribution in [0.15, 0.2) is 6.20 Å². The molecule has 0 fully saturated rings. The number of rotatable bonds is 6. The maximum absolute atomic E-state index is 11.6. The third-order valence-electron chi connectivity index (χ3n) is 2.39. The van der Waals surface area contributed by atoms with Crippen molar-refractivity contribution in [3.63, 3.8) is 0 Å². The van der Waals surface area contributed by atoms with E-state index in [1.54, 1.807) is 18.1 Å². The highest BCUT2D eigenvalue weighted by Crippen LogP contribution is 2.15. The first kappa shape index (κ1) is 14.2. The Morgan fingerprint density at radius 3 is 2.89 bits per heavy atom. The summed E-state index contributed by atoms with van der Waals surface area (Å²) in [7, 11) is 1.81. The number of nitrogen functional groups attached to an aromatic ring is 1. The van der Waals surface area contributed by atoms with Crippen LogP contribution in [-0.4, -0.2) is 36.0 Å². The molecular formula is C11H20N6O. The molecule has 7 nitrogen and oxygen atoms in total. The molecule has 7 heteroatoms. The van der Waals surface area contributed by atoms with Gasteiger partial charge in [-0.1, -0.05) is 6.92 Å². The Labute approximate surface area is 107 Å². The largest absolute Gasteiger partial charge is 0.355 e. The van der Waals surface area contributed by atoms with Crippen LogP contribution in [0.4, 0.5) is 11.8 Å². The molecule has 1 amide bonds. The SMILES string of the molecule is CCCNC(=O)CN(C)c1nc(NN)ncc1C. The van der Waals surface area contributed by atoms with Gasteiger partial charge in [0.25, 0.3) is 0 Å². The Kier molecular flexibility index (Phi) is 5.31. The molecule has 0 aliphatic rings. The van der Waals surface area contributed by atoms with Gasteiger partial charge in [0.15, 0.2) is 0 Å². The lowest BCUT2D eigenvalue weighted by atomic mass is 10.3. The third kappa shape index (κ3) is 3.85. The average molecular weight is 252 g/mol. The standard InChI is InChI=1S/C11H20N6O/c1-4-5-13-9(18)7-17(3)10-8(2)6-14-11(15-10)16-12/h6H,4-5,7,12H2,1-3H3,(H,13,18)(H,14,15,16). The molecular weight excluding hydrogens is 232 g/mol. The van der Waals surface area contributed by atoms with Gasteiger partial charge in [0.05, 0.1) is 6.54 Å². The predicted octanol–water partition coefficient (Wildman–Crippen LogP) is 0.0330. The van der Waals surface area contributed by atoms with Crippen molar-refractivity contribution < 1.29 is 4.79 Å². The number of carbonyl (C=O) groups excluding carboxylic acids is 1. The number of anilines is 2.